The van der Waals surface area contributed by atoms with Gasteiger partial charge < -0.3 is 5.32 Å². The van der Waals surface area contributed by atoms with Crippen molar-refractivity contribution >= 4 is 17.5 Å². The molecular formula is C13H15N3O. The summed E-state index contributed by atoms with van der Waals surface area (Å²) in [5.74, 6) is 0.626. The number of nitrogens with zero attached hydrogens (tertiary/aromatic N) is 2. The van der Waals surface area contributed by atoms with Crippen LogP contribution < -0.4 is 5.32 Å². The number of benzene rings is 1. The van der Waals surface area contributed by atoms with Gasteiger partial charge in [0.05, 0.1) is 6.42 Å². The predicted octanol–water partition coefficient (Wildman–Crippen LogP) is 1.91. The zero-order valence-electron chi connectivity index (χ0n) is 9.81. The minimum Gasteiger partial charge on any atom is -0.312 e. The molecule has 0 spiro atoms. The van der Waals surface area contributed by atoms with Crippen molar-refractivity contribution in [2.24, 2.45) is 10.2 Å². The summed E-state index contributed by atoms with van der Waals surface area (Å²) in [7, 11) is 0. The van der Waals surface area contributed by atoms with Crippen molar-refractivity contribution in [2.75, 3.05) is 0 Å². The van der Waals surface area contributed by atoms with Gasteiger partial charge in [-0.25, -0.2) is 0 Å². The maximum Gasteiger partial charge on any atom is 0.229 e. The molecule has 1 aliphatic heterocycles. The topological polar surface area (TPSA) is 53.8 Å². The number of amidine groups is 1. The van der Waals surface area contributed by atoms with Gasteiger partial charge in [-0.15, -0.1) is 5.10 Å². The number of carbonyl (C=O) groups excluding carboxylic acids is 1. The molecule has 1 heterocycles. The molecule has 0 saturated carbocycles. The van der Waals surface area contributed by atoms with E-state index in [0.717, 1.165) is 24.1 Å². The summed E-state index contributed by atoms with van der Waals surface area (Å²) < 4.78 is 0. The Kier molecular flexibility index (Phi) is 3.65. The molecule has 0 aliphatic carbocycles. The van der Waals surface area contributed by atoms with E-state index in [0.29, 0.717) is 12.3 Å². The third-order valence-electron chi connectivity index (χ3n) is 2.56. The lowest BCUT2D eigenvalue weighted by molar-refractivity contribution is -0.119. The first-order valence-electron chi connectivity index (χ1n) is 5.68. The summed E-state index contributed by atoms with van der Waals surface area (Å²) in [5.41, 5.74) is 2.01. The van der Waals surface area contributed by atoms with E-state index < -0.39 is 0 Å². The lowest BCUT2D eigenvalue weighted by Gasteiger charge is -2.10. The van der Waals surface area contributed by atoms with Crippen LogP contribution in [-0.2, 0) is 11.2 Å². The van der Waals surface area contributed by atoms with Crippen molar-refractivity contribution in [1.82, 2.24) is 5.32 Å². The Bertz CT molecular complexity index is 463. The number of hydrogen-bond acceptors (Lipinski definition) is 3. The Morgan fingerprint density at radius 3 is 2.65 bits per heavy atom. The van der Waals surface area contributed by atoms with Crippen LogP contribution in [-0.4, -0.2) is 17.5 Å². The Hall–Kier alpha value is -1.97. The van der Waals surface area contributed by atoms with Crippen LogP contribution in [0.3, 0.4) is 0 Å². The zero-order chi connectivity index (χ0) is 12.1. The molecule has 4 heteroatoms. The monoisotopic (exact) mass is 229 g/mol. The van der Waals surface area contributed by atoms with E-state index >= 15 is 0 Å². The molecule has 1 aliphatic rings. The van der Waals surface area contributed by atoms with E-state index in [-0.39, 0.29) is 5.91 Å². The highest BCUT2D eigenvalue weighted by atomic mass is 16.1. The Morgan fingerprint density at radius 2 is 2.00 bits per heavy atom. The van der Waals surface area contributed by atoms with Crippen molar-refractivity contribution in [1.29, 1.82) is 0 Å². The number of nitrogens with one attached hydrogen (secondary N) is 1. The summed E-state index contributed by atoms with van der Waals surface area (Å²) in [5, 5.41) is 10.7. The van der Waals surface area contributed by atoms with Gasteiger partial charge in [-0.2, -0.15) is 5.10 Å². The van der Waals surface area contributed by atoms with Crippen molar-refractivity contribution < 1.29 is 4.79 Å². The third kappa shape index (κ3) is 3.52. The second kappa shape index (κ2) is 5.39. The highest BCUT2D eigenvalue weighted by Gasteiger charge is 2.10. The van der Waals surface area contributed by atoms with Crippen LogP contribution in [0, 0.1) is 0 Å². The summed E-state index contributed by atoms with van der Waals surface area (Å²) in [6, 6.07) is 9.65. The van der Waals surface area contributed by atoms with E-state index in [1.807, 2.05) is 37.3 Å². The highest BCUT2D eigenvalue weighted by molar-refractivity contribution is 6.01. The molecule has 0 unspecified atom stereocenters. The number of rotatable bonds is 2. The van der Waals surface area contributed by atoms with Gasteiger partial charge in [0.25, 0.3) is 0 Å². The van der Waals surface area contributed by atoms with Crippen LogP contribution in [0.15, 0.2) is 40.5 Å². The van der Waals surface area contributed by atoms with Crippen LogP contribution in [0.2, 0.25) is 0 Å². The van der Waals surface area contributed by atoms with Crippen LogP contribution in [0.4, 0.5) is 0 Å². The molecule has 0 atom stereocenters. The SMILES string of the molecule is CC1=NN=C(NC(=O)Cc2ccccc2)CC1. The van der Waals surface area contributed by atoms with Gasteiger partial charge in [0, 0.05) is 12.1 Å². The smallest absolute Gasteiger partial charge is 0.229 e. The van der Waals surface area contributed by atoms with Crippen molar-refractivity contribution in [3.8, 4) is 0 Å². The normalized spacial score (nSPS) is 14.9. The van der Waals surface area contributed by atoms with Gasteiger partial charge in [-0.3, -0.25) is 4.79 Å². The van der Waals surface area contributed by atoms with Crippen LogP contribution >= 0.6 is 0 Å². The highest BCUT2D eigenvalue weighted by Crippen LogP contribution is 2.03. The van der Waals surface area contributed by atoms with E-state index in [4.69, 9.17) is 0 Å². The summed E-state index contributed by atoms with van der Waals surface area (Å²) in [6.07, 6.45) is 2.00. The van der Waals surface area contributed by atoms with Crippen molar-refractivity contribution in [2.45, 2.75) is 26.2 Å². The molecule has 4 nitrogen and oxygen atoms in total. The molecule has 0 aromatic heterocycles. The Balaban J connectivity index is 1.90. The second-order valence-electron chi connectivity index (χ2n) is 4.09. The molecule has 1 aromatic rings. The van der Waals surface area contributed by atoms with Gasteiger partial charge >= 0.3 is 0 Å². The van der Waals surface area contributed by atoms with E-state index in [1.54, 1.807) is 0 Å². The lowest BCUT2D eigenvalue weighted by atomic mass is 10.1. The maximum absolute atomic E-state index is 11.7. The molecule has 0 fully saturated rings. The Labute approximate surface area is 100 Å². The second-order valence-corrected chi connectivity index (χ2v) is 4.09. The zero-order valence-corrected chi connectivity index (χ0v) is 9.81. The number of hydrogen-bond donors (Lipinski definition) is 1. The van der Waals surface area contributed by atoms with Crippen LogP contribution in [0.5, 0.6) is 0 Å². The first kappa shape index (κ1) is 11.5. The quantitative estimate of drug-likeness (QED) is 0.827. The minimum atomic E-state index is -0.0373. The molecule has 1 N–H and O–H groups in total. The third-order valence-corrected chi connectivity index (χ3v) is 2.56. The molecule has 88 valence electrons. The minimum absolute atomic E-state index is 0.0373. The Morgan fingerprint density at radius 1 is 1.24 bits per heavy atom. The molecule has 0 saturated heterocycles. The van der Waals surface area contributed by atoms with E-state index in [2.05, 4.69) is 15.5 Å². The van der Waals surface area contributed by atoms with Gasteiger partial charge in [0.1, 0.15) is 5.84 Å². The number of amides is 1. The molecular weight excluding hydrogens is 214 g/mol. The summed E-state index contributed by atoms with van der Waals surface area (Å²) in [4.78, 5) is 11.7. The average Bonchev–Trinajstić information content (AvgIpc) is 2.33. The summed E-state index contributed by atoms with van der Waals surface area (Å²) in [6.45, 7) is 1.94. The average molecular weight is 229 g/mol. The maximum atomic E-state index is 11.7. The van der Waals surface area contributed by atoms with Crippen molar-refractivity contribution in [3.05, 3.63) is 35.9 Å². The fraction of sp³-hybridized carbons (Fsp3) is 0.308. The molecule has 1 amide bonds. The van der Waals surface area contributed by atoms with E-state index in [9.17, 15) is 4.79 Å². The van der Waals surface area contributed by atoms with Gasteiger partial charge in [0.2, 0.25) is 5.91 Å². The van der Waals surface area contributed by atoms with Gasteiger partial charge in [-0.05, 0) is 18.9 Å². The fourth-order valence-corrected chi connectivity index (χ4v) is 1.62. The standard InChI is InChI=1S/C13H15N3O/c1-10-7-8-12(16-15-10)14-13(17)9-11-5-3-2-4-6-11/h2-6H,7-9H2,1H3,(H,14,16,17). The first-order chi connectivity index (χ1) is 8.24. The molecule has 17 heavy (non-hydrogen) atoms. The van der Waals surface area contributed by atoms with Crippen molar-refractivity contribution in [3.63, 3.8) is 0 Å². The van der Waals surface area contributed by atoms with Crippen LogP contribution in [0.25, 0.3) is 0 Å². The summed E-state index contributed by atoms with van der Waals surface area (Å²) >= 11 is 0. The predicted molar refractivity (Wildman–Crippen MR) is 68.1 cm³/mol. The van der Waals surface area contributed by atoms with Gasteiger partial charge in [0.15, 0.2) is 0 Å². The fourth-order valence-electron chi connectivity index (χ4n) is 1.62. The first-order valence-corrected chi connectivity index (χ1v) is 5.68. The number of carbonyl (C=O) groups is 1. The molecule has 0 radical (unpaired) electrons. The molecule has 0 bridgehead atoms. The van der Waals surface area contributed by atoms with Gasteiger partial charge in [-0.1, -0.05) is 30.3 Å². The molecule has 2 rings (SSSR count). The largest absolute Gasteiger partial charge is 0.312 e. The molecule has 1 aromatic carbocycles. The van der Waals surface area contributed by atoms with Crippen LogP contribution in [0.1, 0.15) is 25.3 Å². The van der Waals surface area contributed by atoms with E-state index in [1.165, 1.54) is 0 Å². The lowest BCUT2D eigenvalue weighted by Crippen LogP contribution is -2.32.